The first-order valence-corrected chi connectivity index (χ1v) is 15.8. The summed E-state index contributed by atoms with van der Waals surface area (Å²) in [7, 11) is 0. The average Bonchev–Trinajstić information content (AvgIpc) is 3.73. The number of aromatic nitrogens is 4. The Kier molecular flexibility index (Phi) is 5.77. The summed E-state index contributed by atoms with van der Waals surface area (Å²) in [6, 6.07) is 44.9. The number of nitrogens with zero attached hydrogens (tertiary/aromatic N) is 4. The van der Waals surface area contributed by atoms with Gasteiger partial charge in [-0.2, -0.15) is 0 Å². The molecule has 10 aromatic rings. The second-order valence-corrected chi connectivity index (χ2v) is 11.9. The molecule has 0 aliphatic heterocycles. The van der Waals surface area contributed by atoms with Crippen LogP contribution in [-0.2, 0) is 0 Å². The molecule has 0 aliphatic carbocycles. The van der Waals surface area contributed by atoms with Crippen LogP contribution in [-0.4, -0.2) is 19.9 Å². The Balaban J connectivity index is 1.30. The van der Waals surface area contributed by atoms with Gasteiger partial charge in [0.05, 0.1) is 0 Å². The molecule has 0 saturated carbocycles. The van der Waals surface area contributed by atoms with Crippen molar-refractivity contribution in [1.29, 1.82) is 0 Å². The lowest BCUT2D eigenvalue weighted by Gasteiger charge is -2.11. The van der Waals surface area contributed by atoms with Gasteiger partial charge in [0.1, 0.15) is 22.3 Å². The van der Waals surface area contributed by atoms with Gasteiger partial charge in [-0.15, -0.1) is 0 Å². The third-order valence-electron chi connectivity index (χ3n) is 9.01. The molecule has 48 heavy (non-hydrogen) atoms. The predicted molar refractivity (Wildman–Crippen MR) is 191 cm³/mol. The Bertz CT molecular complexity index is 2780. The van der Waals surface area contributed by atoms with Gasteiger partial charge in [0.2, 0.25) is 0 Å². The maximum atomic E-state index is 6.82. The van der Waals surface area contributed by atoms with Crippen molar-refractivity contribution in [1.82, 2.24) is 19.9 Å². The molecule has 0 unspecified atom stereocenters. The molecule has 0 spiro atoms. The average molecular weight is 617 g/mol. The highest BCUT2D eigenvalue weighted by Crippen LogP contribution is 2.45. The fourth-order valence-corrected chi connectivity index (χ4v) is 6.75. The van der Waals surface area contributed by atoms with Crippen LogP contribution in [0.25, 0.3) is 99.9 Å². The first kappa shape index (κ1) is 26.5. The van der Waals surface area contributed by atoms with Crippen LogP contribution in [0, 0.1) is 0 Å². The third-order valence-corrected chi connectivity index (χ3v) is 9.01. The van der Waals surface area contributed by atoms with Gasteiger partial charge < -0.3 is 8.83 Å². The molecule has 0 radical (unpaired) electrons. The SMILES string of the molecule is c1ccc(-c2nc(-c3ccccc3)nc(-c3ccc(-c4cccc5c4oc4ccccc45)c4oc5cc6cnccc6cc5c34)n2)cc1. The van der Waals surface area contributed by atoms with E-state index in [1.165, 1.54) is 0 Å². The van der Waals surface area contributed by atoms with Crippen LogP contribution in [0.5, 0.6) is 0 Å². The Morgan fingerprint density at radius 1 is 0.417 bits per heavy atom. The van der Waals surface area contributed by atoms with Gasteiger partial charge >= 0.3 is 0 Å². The number of rotatable bonds is 4. The molecule has 0 amide bonds. The van der Waals surface area contributed by atoms with Crippen molar-refractivity contribution in [3.05, 3.63) is 146 Å². The van der Waals surface area contributed by atoms with E-state index in [2.05, 4.69) is 53.5 Å². The highest BCUT2D eigenvalue weighted by atomic mass is 16.3. The third kappa shape index (κ3) is 4.13. The highest BCUT2D eigenvalue weighted by molar-refractivity contribution is 6.20. The van der Waals surface area contributed by atoms with Crippen LogP contribution in [0.3, 0.4) is 0 Å². The van der Waals surface area contributed by atoms with Gasteiger partial charge in [-0.05, 0) is 41.8 Å². The highest BCUT2D eigenvalue weighted by Gasteiger charge is 2.23. The normalized spacial score (nSPS) is 11.8. The molecule has 4 heterocycles. The summed E-state index contributed by atoms with van der Waals surface area (Å²) in [5, 5.41) is 6.12. The summed E-state index contributed by atoms with van der Waals surface area (Å²) in [6.07, 6.45) is 3.68. The Labute approximate surface area is 274 Å². The van der Waals surface area contributed by atoms with E-state index in [1.807, 2.05) is 97.3 Å². The van der Waals surface area contributed by atoms with Gasteiger partial charge in [-0.1, -0.05) is 97.1 Å². The van der Waals surface area contributed by atoms with E-state index in [0.29, 0.717) is 17.5 Å². The van der Waals surface area contributed by atoms with E-state index < -0.39 is 0 Å². The van der Waals surface area contributed by atoms with Crippen molar-refractivity contribution in [2.24, 2.45) is 0 Å². The number of hydrogen-bond acceptors (Lipinski definition) is 6. The number of para-hydroxylation sites is 2. The van der Waals surface area contributed by atoms with Crippen LogP contribution in [0.4, 0.5) is 0 Å². The van der Waals surface area contributed by atoms with E-state index in [0.717, 1.165) is 82.5 Å². The molecular weight excluding hydrogens is 592 g/mol. The second kappa shape index (κ2) is 10.4. The fraction of sp³-hybridized carbons (Fsp3) is 0. The Hall–Kier alpha value is -6.66. The van der Waals surface area contributed by atoms with E-state index >= 15 is 0 Å². The number of pyridine rings is 1. The zero-order valence-electron chi connectivity index (χ0n) is 25.5. The summed E-state index contributed by atoms with van der Waals surface area (Å²) < 4.78 is 13.3. The molecule has 6 heteroatoms. The van der Waals surface area contributed by atoms with Gasteiger partial charge in [0.25, 0.3) is 0 Å². The number of fused-ring (bicyclic) bond motifs is 7. The standard InChI is InChI=1S/C42H24N4O2/c1-3-10-25(11-4-1)40-44-41(26-12-5-2-6-13-26)46-42(45-40)33-19-18-32(31-16-9-15-30-29-14-7-8-17-35(29)47-38(30)31)39-37(33)34-22-27-20-21-43-24-28(27)23-36(34)48-39/h1-24H. The summed E-state index contributed by atoms with van der Waals surface area (Å²) >= 11 is 0. The van der Waals surface area contributed by atoms with Gasteiger partial charge in [0, 0.05) is 67.1 Å². The maximum absolute atomic E-state index is 6.82. The minimum Gasteiger partial charge on any atom is -0.455 e. The molecule has 224 valence electrons. The Morgan fingerprint density at radius 3 is 1.85 bits per heavy atom. The summed E-state index contributed by atoms with van der Waals surface area (Å²) in [5.41, 5.74) is 7.74. The molecule has 0 saturated heterocycles. The van der Waals surface area contributed by atoms with E-state index in [4.69, 9.17) is 23.8 Å². The van der Waals surface area contributed by atoms with Crippen molar-refractivity contribution in [3.63, 3.8) is 0 Å². The van der Waals surface area contributed by atoms with Crippen LogP contribution in [0.1, 0.15) is 0 Å². The minimum atomic E-state index is 0.568. The van der Waals surface area contributed by atoms with E-state index in [1.54, 1.807) is 0 Å². The van der Waals surface area contributed by atoms with Crippen LogP contribution in [0.15, 0.2) is 155 Å². The molecule has 10 rings (SSSR count). The summed E-state index contributed by atoms with van der Waals surface area (Å²) in [5.74, 6) is 1.78. The molecule has 6 nitrogen and oxygen atoms in total. The van der Waals surface area contributed by atoms with Crippen molar-refractivity contribution < 1.29 is 8.83 Å². The zero-order valence-corrected chi connectivity index (χ0v) is 25.5. The van der Waals surface area contributed by atoms with Gasteiger partial charge in [-0.25, -0.2) is 15.0 Å². The molecule has 6 aromatic carbocycles. The lowest BCUT2D eigenvalue weighted by atomic mass is 9.96. The van der Waals surface area contributed by atoms with Crippen LogP contribution in [0.2, 0.25) is 0 Å². The van der Waals surface area contributed by atoms with E-state index in [9.17, 15) is 0 Å². The molecule has 0 atom stereocenters. The number of benzene rings is 6. The summed E-state index contributed by atoms with van der Waals surface area (Å²) in [6.45, 7) is 0. The molecule has 0 aliphatic rings. The quantitative estimate of drug-likeness (QED) is 0.196. The lowest BCUT2D eigenvalue weighted by molar-refractivity contribution is 0.665. The monoisotopic (exact) mass is 616 g/mol. The maximum Gasteiger partial charge on any atom is 0.164 e. The topological polar surface area (TPSA) is 77.8 Å². The first-order valence-electron chi connectivity index (χ1n) is 15.8. The first-order chi connectivity index (χ1) is 23.8. The van der Waals surface area contributed by atoms with Gasteiger partial charge in [0.15, 0.2) is 17.5 Å². The van der Waals surface area contributed by atoms with Crippen LogP contribution < -0.4 is 0 Å². The molecule has 4 aromatic heterocycles. The smallest absolute Gasteiger partial charge is 0.164 e. The zero-order chi connectivity index (χ0) is 31.6. The second-order valence-electron chi connectivity index (χ2n) is 11.9. The number of furan rings is 2. The Morgan fingerprint density at radius 2 is 1.06 bits per heavy atom. The molecular formula is C42H24N4O2. The van der Waals surface area contributed by atoms with Crippen molar-refractivity contribution >= 4 is 54.6 Å². The van der Waals surface area contributed by atoms with E-state index in [-0.39, 0.29) is 0 Å². The molecule has 0 fully saturated rings. The largest absolute Gasteiger partial charge is 0.455 e. The lowest BCUT2D eigenvalue weighted by Crippen LogP contribution is -2.00. The number of hydrogen-bond donors (Lipinski definition) is 0. The molecule has 0 N–H and O–H groups in total. The van der Waals surface area contributed by atoms with Crippen molar-refractivity contribution in [3.8, 4) is 45.3 Å². The van der Waals surface area contributed by atoms with Crippen molar-refractivity contribution in [2.75, 3.05) is 0 Å². The predicted octanol–water partition coefficient (Wildman–Crippen LogP) is 10.9. The van der Waals surface area contributed by atoms with Gasteiger partial charge in [-0.3, -0.25) is 4.98 Å². The summed E-state index contributed by atoms with van der Waals surface area (Å²) in [4.78, 5) is 19.5. The van der Waals surface area contributed by atoms with Crippen LogP contribution >= 0.6 is 0 Å². The minimum absolute atomic E-state index is 0.568. The van der Waals surface area contributed by atoms with Crippen molar-refractivity contribution in [2.45, 2.75) is 0 Å². The fourth-order valence-electron chi connectivity index (χ4n) is 6.75. The molecule has 0 bridgehead atoms.